The fraction of sp³-hybridized carbons (Fsp3) is 0.455. The Morgan fingerprint density at radius 1 is 1.12 bits per heavy atom. The van der Waals surface area contributed by atoms with Gasteiger partial charge in [-0.25, -0.2) is 0 Å². The zero-order valence-electron chi connectivity index (χ0n) is 10.00. The van der Waals surface area contributed by atoms with Crippen LogP contribution in [0.1, 0.15) is 13.8 Å². The van der Waals surface area contributed by atoms with Crippen molar-refractivity contribution in [3.8, 4) is 5.75 Å². The summed E-state index contributed by atoms with van der Waals surface area (Å²) in [7, 11) is 0. The number of benzene rings is 1. The molecule has 0 amide bonds. The van der Waals surface area contributed by atoms with E-state index >= 15 is 0 Å². The van der Waals surface area contributed by atoms with Crippen LogP contribution in [0.15, 0.2) is 30.3 Å². The van der Waals surface area contributed by atoms with Crippen LogP contribution in [0.5, 0.6) is 5.75 Å². The second-order valence-electron chi connectivity index (χ2n) is 2.55. The van der Waals surface area contributed by atoms with Crippen molar-refractivity contribution >= 4 is 0 Å². The van der Waals surface area contributed by atoms with Gasteiger partial charge < -0.3 is 19.7 Å². The third-order valence-electron chi connectivity index (χ3n) is 1.37. The molecule has 0 unspecified atom stereocenters. The fourth-order valence-electron chi connectivity index (χ4n) is 0.761. The van der Waals surface area contributed by atoms with Crippen molar-refractivity contribution in [3.63, 3.8) is 0 Å². The summed E-state index contributed by atoms with van der Waals surface area (Å²) in [5.41, 5.74) is 0. The molecule has 1 aromatic carbocycles. The van der Waals surface area contributed by atoms with Crippen molar-refractivity contribution in [2.24, 2.45) is 0 Å². The molecule has 6 heteroatoms. The molecule has 0 fully saturated rings. The minimum absolute atomic E-state index is 0.322. The molecule has 2 N–H and O–H groups in total. The number of hydrogen-bond acceptors (Lipinski definition) is 5. The number of para-hydroxylation sites is 1. The molecule has 96 valence electrons. The SMILES string of the molecule is CCOC(O)OCC.Oc1ccccc1.[O]=[Ti]. The second kappa shape index (κ2) is 15.4. The van der Waals surface area contributed by atoms with E-state index in [9.17, 15) is 0 Å². The Hall–Kier alpha value is -0.586. The molecule has 0 saturated carbocycles. The van der Waals surface area contributed by atoms with Crippen molar-refractivity contribution in [3.05, 3.63) is 30.3 Å². The summed E-state index contributed by atoms with van der Waals surface area (Å²) in [5, 5.41) is 17.2. The van der Waals surface area contributed by atoms with E-state index in [4.69, 9.17) is 13.5 Å². The average Bonchev–Trinajstić information content (AvgIpc) is 2.34. The predicted octanol–water partition coefficient (Wildman–Crippen LogP) is 1.61. The van der Waals surface area contributed by atoms with Gasteiger partial charge in [0.15, 0.2) is 0 Å². The molecule has 0 spiro atoms. The van der Waals surface area contributed by atoms with Gasteiger partial charge in [-0.3, -0.25) is 0 Å². The maximum atomic E-state index is 8.63. The van der Waals surface area contributed by atoms with Gasteiger partial charge >= 0.3 is 23.7 Å². The van der Waals surface area contributed by atoms with Gasteiger partial charge in [0.2, 0.25) is 0 Å². The molecule has 0 aliphatic heterocycles. The molecule has 0 saturated heterocycles. The third kappa shape index (κ3) is 15.4. The molecule has 1 aromatic rings. The van der Waals surface area contributed by atoms with E-state index in [1.165, 1.54) is 0 Å². The van der Waals surface area contributed by atoms with Crippen molar-refractivity contribution in [1.82, 2.24) is 0 Å². The van der Waals surface area contributed by atoms with E-state index in [2.05, 4.69) is 9.47 Å². The number of aliphatic hydroxyl groups excluding tert-OH is 1. The molecule has 0 aliphatic rings. The van der Waals surface area contributed by atoms with E-state index in [0.29, 0.717) is 19.0 Å². The van der Waals surface area contributed by atoms with Crippen LogP contribution in [0.4, 0.5) is 0 Å². The summed E-state index contributed by atoms with van der Waals surface area (Å²) in [5.74, 6) is 0.322. The zero-order chi connectivity index (χ0) is 13.5. The molecular formula is C11H18O5Ti. The molecule has 0 atom stereocenters. The van der Waals surface area contributed by atoms with E-state index in [0.717, 1.165) is 20.4 Å². The summed E-state index contributed by atoms with van der Waals surface area (Å²) in [4.78, 5) is 0. The van der Waals surface area contributed by atoms with Crippen molar-refractivity contribution in [1.29, 1.82) is 0 Å². The van der Waals surface area contributed by atoms with Gasteiger partial charge in [-0.1, -0.05) is 18.2 Å². The molecule has 5 nitrogen and oxygen atoms in total. The third-order valence-corrected chi connectivity index (χ3v) is 1.37. The Kier molecular flexibility index (Phi) is 17.0. The topological polar surface area (TPSA) is 76.0 Å². The molecule has 0 bridgehead atoms. The van der Waals surface area contributed by atoms with E-state index < -0.39 is 6.48 Å². The van der Waals surface area contributed by atoms with Gasteiger partial charge in [-0.05, 0) is 26.0 Å². The van der Waals surface area contributed by atoms with Gasteiger partial charge in [0.05, 0.1) is 0 Å². The molecule has 17 heavy (non-hydrogen) atoms. The quantitative estimate of drug-likeness (QED) is 0.646. The van der Waals surface area contributed by atoms with Gasteiger partial charge in [-0.15, -0.1) is 0 Å². The first-order valence-corrected chi connectivity index (χ1v) is 5.70. The van der Waals surface area contributed by atoms with Gasteiger partial charge in [0.1, 0.15) is 5.75 Å². The predicted molar refractivity (Wildman–Crippen MR) is 58.1 cm³/mol. The average molecular weight is 278 g/mol. The summed E-state index contributed by atoms with van der Waals surface area (Å²) >= 11 is 0.750. The fourth-order valence-corrected chi connectivity index (χ4v) is 0.761. The number of phenols is 1. The first-order valence-electron chi connectivity index (χ1n) is 5.06. The van der Waals surface area contributed by atoms with E-state index in [1.807, 2.05) is 6.07 Å². The number of aromatic hydroxyl groups is 1. The van der Waals surface area contributed by atoms with Crippen molar-refractivity contribution < 1.29 is 43.4 Å². The maximum absolute atomic E-state index is 8.63. The summed E-state index contributed by atoms with van der Waals surface area (Å²) in [6, 6.07) is 8.71. The Morgan fingerprint density at radius 3 is 1.76 bits per heavy atom. The molecular weight excluding hydrogens is 260 g/mol. The molecule has 0 heterocycles. The van der Waals surface area contributed by atoms with Crippen molar-refractivity contribution in [2.75, 3.05) is 13.2 Å². The van der Waals surface area contributed by atoms with Crippen LogP contribution in [-0.2, 0) is 33.2 Å². The normalized spacial score (nSPS) is 8.65. The van der Waals surface area contributed by atoms with E-state index in [1.54, 1.807) is 38.1 Å². The Balaban J connectivity index is 0. The van der Waals surface area contributed by atoms with Crippen LogP contribution >= 0.6 is 0 Å². The van der Waals surface area contributed by atoms with Gasteiger partial charge in [0, 0.05) is 13.2 Å². The summed E-state index contributed by atoms with van der Waals surface area (Å²) in [6.07, 6.45) is 0. The number of aliphatic hydroxyl groups is 1. The number of phenolic OH excluding ortho intramolecular Hbond substituents is 1. The Morgan fingerprint density at radius 2 is 1.53 bits per heavy atom. The molecule has 0 radical (unpaired) electrons. The van der Waals surface area contributed by atoms with Crippen LogP contribution in [0, 0.1) is 0 Å². The van der Waals surface area contributed by atoms with E-state index in [-0.39, 0.29) is 0 Å². The van der Waals surface area contributed by atoms with Crippen molar-refractivity contribution in [2.45, 2.75) is 20.3 Å². The molecule has 1 rings (SSSR count). The summed E-state index contributed by atoms with van der Waals surface area (Å²) in [6.45, 7) is 3.50. The van der Waals surface area contributed by atoms with Crippen LogP contribution < -0.4 is 0 Å². The Bertz CT molecular complexity index is 239. The number of hydrogen-bond donors (Lipinski definition) is 2. The molecule has 0 aliphatic carbocycles. The van der Waals surface area contributed by atoms with Gasteiger partial charge in [0.25, 0.3) is 6.48 Å². The monoisotopic (exact) mass is 278 g/mol. The standard InChI is InChI=1S/C6H6O.C5H12O3.O.Ti/c7-6-4-2-1-3-5-6;1-3-7-5(6)8-4-2;;/h1-5,7H;5-6H,3-4H2,1-2H3;;. The Labute approximate surface area is 113 Å². The van der Waals surface area contributed by atoms with Crippen LogP contribution in [0.25, 0.3) is 0 Å². The number of ether oxygens (including phenoxy) is 2. The molecule has 0 aromatic heterocycles. The first kappa shape index (κ1) is 18.8. The van der Waals surface area contributed by atoms with Gasteiger partial charge in [-0.2, -0.15) is 0 Å². The first-order chi connectivity index (χ1) is 8.20. The number of rotatable bonds is 4. The second-order valence-corrected chi connectivity index (χ2v) is 2.55. The van der Waals surface area contributed by atoms with Crippen LogP contribution in [0.2, 0.25) is 0 Å². The minimum atomic E-state index is -1.04. The summed E-state index contributed by atoms with van der Waals surface area (Å²) < 4.78 is 17.5. The zero-order valence-corrected chi connectivity index (χ0v) is 11.6. The van der Waals surface area contributed by atoms with Crippen LogP contribution in [-0.4, -0.2) is 29.9 Å². The van der Waals surface area contributed by atoms with Crippen LogP contribution in [0.3, 0.4) is 0 Å².